The van der Waals surface area contributed by atoms with Crippen molar-refractivity contribution >= 4 is 5.78 Å². The second-order valence-corrected chi connectivity index (χ2v) is 4.58. The molecule has 1 heterocycles. The second kappa shape index (κ2) is 7.22. The van der Waals surface area contributed by atoms with Crippen molar-refractivity contribution in [2.45, 2.75) is 52.6 Å². The maximum atomic E-state index is 12.0. The zero-order valence-corrected chi connectivity index (χ0v) is 11.1. The zero-order valence-electron chi connectivity index (χ0n) is 11.1. The smallest absolute Gasteiger partial charge is 0.180 e. The number of rotatable bonds is 8. The number of aromatic nitrogens is 2. The molecule has 0 fully saturated rings. The van der Waals surface area contributed by atoms with Gasteiger partial charge in [0.25, 0.3) is 0 Å². The number of nitrogens with zero attached hydrogens (tertiary/aromatic N) is 2. The Balaban J connectivity index is 2.38. The van der Waals surface area contributed by atoms with Crippen molar-refractivity contribution in [1.82, 2.24) is 15.1 Å². The van der Waals surface area contributed by atoms with Gasteiger partial charge < -0.3 is 5.32 Å². The van der Waals surface area contributed by atoms with Crippen molar-refractivity contribution in [2.75, 3.05) is 6.54 Å². The van der Waals surface area contributed by atoms with Crippen LogP contribution in [0, 0.1) is 0 Å². The minimum atomic E-state index is 0.196. The molecule has 1 aromatic heterocycles. The van der Waals surface area contributed by atoms with E-state index in [9.17, 15) is 4.79 Å². The molecule has 0 amide bonds. The number of ketones is 1. The Morgan fingerprint density at radius 3 is 2.94 bits per heavy atom. The maximum Gasteiger partial charge on any atom is 0.180 e. The molecule has 4 heteroatoms. The highest BCUT2D eigenvalue weighted by molar-refractivity contribution is 5.94. The molecule has 0 atom stereocenters. The lowest BCUT2D eigenvalue weighted by Crippen LogP contribution is -2.24. The van der Waals surface area contributed by atoms with Crippen LogP contribution >= 0.6 is 0 Å². The lowest BCUT2D eigenvalue weighted by Gasteiger charge is -2.08. The predicted molar refractivity (Wildman–Crippen MR) is 69.2 cm³/mol. The van der Waals surface area contributed by atoms with Gasteiger partial charge in [-0.25, -0.2) is 0 Å². The summed E-state index contributed by atoms with van der Waals surface area (Å²) in [7, 11) is 0. The summed E-state index contributed by atoms with van der Waals surface area (Å²) < 4.78 is 1.80. The molecule has 0 radical (unpaired) electrons. The fraction of sp³-hybridized carbons (Fsp3) is 0.692. The van der Waals surface area contributed by atoms with E-state index < -0.39 is 0 Å². The minimum absolute atomic E-state index is 0.196. The molecule has 0 bridgehead atoms. The zero-order chi connectivity index (χ0) is 12.7. The third-order valence-corrected chi connectivity index (χ3v) is 2.57. The molecule has 0 aliphatic heterocycles. The van der Waals surface area contributed by atoms with Crippen molar-refractivity contribution in [2.24, 2.45) is 0 Å². The highest BCUT2D eigenvalue weighted by Crippen LogP contribution is 2.06. The van der Waals surface area contributed by atoms with Gasteiger partial charge in [0.15, 0.2) is 5.78 Å². The van der Waals surface area contributed by atoms with Gasteiger partial charge in [-0.1, -0.05) is 20.8 Å². The minimum Gasteiger partial charge on any atom is -0.315 e. The fourth-order valence-corrected chi connectivity index (χ4v) is 1.73. The fourth-order valence-electron chi connectivity index (χ4n) is 1.73. The third-order valence-electron chi connectivity index (χ3n) is 2.57. The maximum absolute atomic E-state index is 12.0. The van der Waals surface area contributed by atoms with Crippen molar-refractivity contribution < 1.29 is 4.79 Å². The first kappa shape index (κ1) is 13.9. The Hall–Kier alpha value is -1.16. The monoisotopic (exact) mass is 237 g/mol. The molecule has 1 N–H and O–H groups in total. The van der Waals surface area contributed by atoms with Crippen LogP contribution in [0.4, 0.5) is 0 Å². The topological polar surface area (TPSA) is 46.9 Å². The van der Waals surface area contributed by atoms with Gasteiger partial charge in [-0.2, -0.15) is 5.10 Å². The van der Waals surface area contributed by atoms with E-state index in [-0.39, 0.29) is 5.78 Å². The number of carbonyl (C=O) groups excluding carboxylic acids is 1. The van der Waals surface area contributed by atoms with Gasteiger partial charge in [-0.05, 0) is 25.5 Å². The van der Waals surface area contributed by atoms with Crippen LogP contribution in [0.25, 0.3) is 0 Å². The highest BCUT2D eigenvalue weighted by atomic mass is 16.1. The number of carbonyl (C=O) groups is 1. The number of nitrogens with one attached hydrogen (secondary N) is 1. The summed E-state index contributed by atoms with van der Waals surface area (Å²) in [6, 6.07) is 2.30. The van der Waals surface area contributed by atoms with Crippen LogP contribution in [0.15, 0.2) is 12.3 Å². The third kappa shape index (κ3) is 4.69. The Morgan fingerprint density at radius 2 is 2.29 bits per heavy atom. The lowest BCUT2D eigenvalue weighted by molar-refractivity contribution is 0.0969. The Kier molecular flexibility index (Phi) is 5.91. The molecule has 0 spiro atoms. The van der Waals surface area contributed by atoms with Crippen LogP contribution in [-0.2, 0) is 6.54 Å². The molecule has 17 heavy (non-hydrogen) atoms. The van der Waals surface area contributed by atoms with E-state index >= 15 is 0 Å². The second-order valence-electron chi connectivity index (χ2n) is 4.58. The molecule has 0 saturated heterocycles. The first-order valence-electron chi connectivity index (χ1n) is 6.43. The normalized spacial score (nSPS) is 11.1. The summed E-state index contributed by atoms with van der Waals surface area (Å²) in [4.78, 5) is 12.0. The number of Topliss-reactive ketones (excluding diaryl/α,β-unsaturated/α-hetero) is 1. The summed E-state index contributed by atoms with van der Waals surface area (Å²) in [6.45, 7) is 8.02. The molecule has 1 rings (SSSR count). The number of hydrogen-bond donors (Lipinski definition) is 1. The largest absolute Gasteiger partial charge is 0.315 e. The van der Waals surface area contributed by atoms with Gasteiger partial charge >= 0.3 is 0 Å². The summed E-state index contributed by atoms with van der Waals surface area (Å²) in [5, 5.41) is 7.47. The van der Waals surface area contributed by atoms with Gasteiger partial charge in [0.05, 0.1) is 0 Å². The van der Waals surface area contributed by atoms with Gasteiger partial charge in [-0.3, -0.25) is 9.48 Å². The summed E-state index contributed by atoms with van der Waals surface area (Å²) >= 11 is 0. The first-order chi connectivity index (χ1) is 8.15. The molecular formula is C13H23N3O. The first-order valence-corrected chi connectivity index (χ1v) is 6.43. The van der Waals surface area contributed by atoms with Crippen LogP contribution in [0.2, 0.25) is 0 Å². The van der Waals surface area contributed by atoms with Crippen LogP contribution in [0.3, 0.4) is 0 Å². The molecule has 0 aliphatic rings. The van der Waals surface area contributed by atoms with Crippen LogP contribution in [0.1, 0.15) is 50.5 Å². The van der Waals surface area contributed by atoms with Gasteiger partial charge in [-0.15, -0.1) is 0 Å². The van der Waals surface area contributed by atoms with Crippen molar-refractivity contribution in [3.05, 3.63) is 18.0 Å². The van der Waals surface area contributed by atoms with Gasteiger partial charge in [0.1, 0.15) is 5.69 Å². The van der Waals surface area contributed by atoms with E-state index in [4.69, 9.17) is 0 Å². The SMILES string of the molecule is CCCn1nccc1C(=O)CCCNC(C)C. The van der Waals surface area contributed by atoms with Crippen molar-refractivity contribution in [3.8, 4) is 0 Å². The predicted octanol–water partition coefficient (Wildman–Crippen LogP) is 2.25. The van der Waals surface area contributed by atoms with Crippen LogP contribution < -0.4 is 5.32 Å². The summed E-state index contributed by atoms with van der Waals surface area (Å²) in [6.07, 6.45) is 4.18. The van der Waals surface area contributed by atoms with Crippen molar-refractivity contribution in [3.63, 3.8) is 0 Å². The Labute approximate surface area is 103 Å². The van der Waals surface area contributed by atoms with E-state index in [0.29, 0.717) is 12.5 Å². The average molecular weight is 237 g/mol. The van der Waals surface area contributed by atoms with Gasteiger partial charge in [0, 0.05) is 25.2 Å². The molecule has 0 saturated carbocycles. The van der Waals surface area contributed by atoms with E-state index in [1.165, 1.54) is 0 Å². The molecule has 1 aromatic rings. The molecule has 0 aliphatic carbocycles. The van der Waals surface area contributed by atoms with E-state index in [1.54, 1.807) is 10.9 Å². The van der Waals surface area contributed by atoms with Gasteiger partial charge in [0.2, 0.25) is 0 Å². The molecular weight excluding hydrogens is 214 g/mol. The number of aryl methyl sites for hydroxylation is 1. The summed E-state index contributed by atoms with van der Waals surface area (Å²) in [5.41, 5.74) is 0.747. The van der Waals surface area contributed by atoms with E-state index in [1.807, 2.05) is 6.07 Å². The Morgan fingerprint density at radius 1 is 1.53 bits per heavy atom. The van der Waals surface area contributed by atoms with Crippen LogP contribution in [-0.4, -0.2) is 28.2 Å². The van der Waals surface area contributed by atoms with E-state index in [0.717, 1.165) is 31.6 Å². The molecule has 0 unspecified atom stereocenters. The molecule has 96 valence electrons. The lowest BCUT2D eigenvalue weighted by atomic mass is 10.1. The Bertz CT molecular complexity index is 344. The standard InChI is InChI=1S/C13H23N3O/c1-4-10-16-12(7-9-15-16)13(17)6-5-8-14-11(2)3/h7,9,11,14H,4-6,8,10H2,1-3H3. The quantitative estimate of drug-likeness (QED) is 0.557. The highest BCUT2D eigenvalue weighted by Gasteiger charge is 2.10. The molecule has 0 aromatic carbocycles. The van der Waals surface area contributed by atoms with E-state index in [2.05, 4.69) is 31.2 Å². The molecule has 4 nitrogen and oxygen atoms in total. The summed E-state index contributed by atoms with van der Waals surface area (Å²) in [5.74, 6) is 0.196. The van der Waals surface area contributed by atoms with Crippen molar-refractivity contribution in [1.29, 1.82) is 0 Å². The number of hydrogen-bond acceptors (Lipinski definition) is 3. The average Bonchev–Trinajstić information content (AvgIpc) is 2.72. The van der Waals surface area contributed by atoms with Crippen LogP contribution in [0.5, 0.6) is 0 Å².